The first-order valence-corrected chi connectivity index (χ1v) is 8.93. The van der Waals surface area contributed by atoms with Crippen LogP contribution in [0.5, 0.6) is 0 Å². The van der Waals surface area contributed by atoms with Gasteiger partial charge in [-0.25, -0.2) is 4.39 Å². The van der Waals surface area contributed by atoms with Gasteiger partial charge in [-0.3, -0.25) is 0 Å². The second kappa shape index (κ2) is 12.4. The van der Waals surface area contributed by atoms with Crippen LogP contribution in [0.3, 0.4) is 0 Å². The van der Waals surface area contributed by atoms with Crippen molar-refractivity contribution in [2.24, 2.45) is 0 Å². The van der Waals surface area contributed by atoms with Crippen LogP contribution < -0.4 is 10.6 Å². The van der Waals surface area contributed by atoms with Crippen molar-refractivity contribution in [2.75, 3.05) is 11.9 Å². The molecule has 0 aliphatic rings. The minimum Gasteiger partial charge on any atom is -0.362 e. The summed E-state index contributed by atoms with van der Waals surface area (Å²) in [5.41, 5.74) is 0.685. The summed E-state index contributed by atoms with van der Waals surface area (Å²) in [7, 11) is 0. The summed E-state index contributed by atoms with van der Waals surface area (Å²) in [6.07, 6.45) is 11.8. The molecule has 1 aromatic carbocycles. The molecule has 0 aliphatic carbocycles. The third-order valence-electron chi connectivity index (χ3n) is 3.65. The number of hydrogen-bond donors (Lipinski definition) is 2. The van der Waals surface area contributed by atoms with Crippen LogP contribution in [-0.4, -0.2) is 11.7 Å². The lowest BCUT2D eigenvalue weighted by atomic mass is 10.1. The van der Waals surface area contributed by atoms with Crippen LogP contribution in [-0.2, 0) is 0 Å². The fourth-order valence-electron chi connectivity index (χ4n) is 2.38. The van der Waals surface area contributed by atoms with E-state index in [0.29, 0.717) is 10.8 Å². The Morgan fingerprint density at radius 2 is 1.64 bits per heavy atom. The van der Waals surface area contributed by atoms with Crippen LogP contribution in [0.15, 0.2) is 24.3 Å². The van der Waals surface area contributed by atoms with Gasteiger partial charge < -0.3 is 10.6 Å². The third-order valence-corrected chi connectivity index (χ3v) is 3.89. The Hall–Kier alpha value is -1.16. The molecule has 0 spiro atoms. The largest absolute Gasteiger partial charge is 0.362 e. The molecule has 0 atom stereocenters. The van der Waals surface area contributed by atoms with Crippen LogP contribution in [0.1, 0.15) is 64.7 Å². The quantitative estimate of drug-likeness (QED) is 0.407. The maximum absolute atomic E-state index is 13.0. The van der Waals surface area contributed by atoms with E-state index in [0.717, 1.165) is 13.0 Å². The van der Waals surface area contributed by atoms with E-state index in [-0.39, 0.29) is 5.82 Å². The van der Waals surface area contributed by atoms with Gasteiger partial charge in [0.25, 0.3) is 0 Å². The van der Waals surface area contributed by atoms with Gasteiger partial charge in [0.15, 0.2) is 5.11 Å². The minimum absolute atomic E-state index is 0.258. The summed E-state index contributed by atoms with van der Waals surface area (Å²) in [4.78, 5) is 0. The molecule has 0 fully saturated rings. The summed E-state index contributed by atoms with van der Waals surface area (Å²) in [6.45, 7) is 3.12. The predicted molar refractivity (Wildman–Crippen MR) is 97.9 cm³/mol. The van der Waals surface area contributed by atoms with Crippen molar-refractivity contribution < 1.29 is 4.39 Å². The van der Waals surface area contributed by atoms with Gasteiger partial charge in [-0.05, 0) is 36.8 Å². The monoisotopic (exact) mass is 324 g/mol. The van der Waals surface area contributed by atoms with Gasteiger partial charge >= 0.3 is 0 Å². The molecule has 0 unspecified atom stereocenters. The van der Waals surface area contributed by atoms with Crippen molar-refractivity contribution in [3.8, 4) is 0 Å². The van der Waals surface area contributed by atoms with Crippen molar-refractivity contribution in [2.45, 2.75) is 64.7 Å². The third kappa shape index (κ3) is 9.72. The average Bonchev–Trinajstić information content (AvgIpc) is 2.49. The van der Waals surface area contributed by atoms with Crippen LogP contribution in [0.4, 0.5) is 10.1 Å². The molecule has 0 amide bonds. The van der Waals surface area contributed by atoms with Crippen molar-refractivity contribution in [3.05, 3.63) is 30.1 Å². The molecule has 124 valence electrons. The maximum Gasteiger partial charge on any atom is 0.170 e. The molecule has 0 saturated carbocycles. The summed E-state index contributed by atoms with van der Waals surface area (Å²) in [6, 6.07) is 6.33. The number of anilines is 1. The first kappa shape index (κ1) is 18.9. The topological polar surface area (TPSA) is 24.1 Å². The molecule has 0 saturated heterocycles. The van der Waals surface area contributed by atoms with Gasteiger partial charge in [0.2, 0.25) is 0 Å². The molecule has 1 aromatic rings. The van der Waals surface area contributed by atoms with E-state index in [9.17, 15) is 4.39 Å². The van der Waals surface area contributed by atoms with E-state index in [1.54, 1.807) is 12.1 Å². The Bertz CT molecular complexity index is 423. The van der Waals surface area contributed by atoms with E-state index in [2.05, 4.69) is 17.6 Å². The number of benzene rings is 1. The lowest BCUT2D eigenvalue weighted by Gasteiger charge is -2.10. The second-order valence-electron chi connectivity index (χ2n) is 5.72. The van der Waals surface area contributed by atoms with Gasteiger partial charge in [0.05, 0.1) is 0 Å². The Balaban J connectivity index is 1.95. The highest BCUT2D eigenvalue weighted by Crippen LogP contribution is 2.10. The van der Waals surface area contributed by atoms with Crippen LogP contribution >= 0.6 is 12.2 Å². The highest BCUT2D eigenvalue weighted by atomic mass is 32.1. The van der Waals surface area contributed by atoms with Gasteiger partial charge in [0.1, 0.15) is 5.82 Å². The minimum atomic E-state index is -0.258. The molecular weight excluding hydrogens is 295 g/mol. The number of nitrogens with one attached hydrogen (secondary N) is 2. The molecule has 2 nitrogen and oxygen atoms in total. The van der Waals surface area contributed by atoms with E-state index in [4.69, 9.17) is 12.2 Å². The van der Waals surface area contributed by atoms with Gasteiger partial charge in [-0.2, -0.15) is 0 Å². The highest BCUT2D eigenvalue weighted by molar-refractivity contribution is 7.80. The van der Waals surface area contributed by atoms with E-state index in [1.165, 1.54) is 63.5 Å². The standard InChI is InChI=1S/C18H29FN2S/c1-2-3-4-5-6-7-8-9-10-14-20-18(22)21-17-13-11-12-16(19)15-17/h11-13,15H,2-10,14H2,1H3,(H2,20,21,22). The number of unbranched alkanes of at least 4 members (excludes halogenated alkanes) is 8. The SMILES string of the molecule is CCCCCCCCCCCNC(=S)Nc1cccc(F)c1. The van der Waals surface area contributed by atoms with Crippen molar-refractivity contribution >= 4 is 23.0 Å². The molecule has 0 heterocycles. The normalized spacial score (nSPS) is 10.5. The molecule has 0 aromatic heterocycles. The molecule has 22 heavy (non-hydrogen) atoms. The molecule has 0 aliphatic heterocycles. The fraction of sp³-hybridized carbons (Fsp3) is 0.611. The van der Waals surface area contributed by atoms with Crippen molar-refractivity contribution in [1.29, 1.82) is 0 Å². The zero-order chi connectivity index (χ0) is 16.0. The van der Waals surface area contributed by atoms with E-state index >= 15 is 0 Å². The van der Waals surface area contributed by atoms with E-state index < -0.39 is 0 Å². The van der Waals surface area contributed by atoms with Crippen molar-refractivity contribution in [1.82, 2.24) is 5.32 Å². The summed E-state index contributed by atoms with van der Waals surface area (Å²) < 4.78 is 13.0. The Morgan fingerprint density at radius 1 is 1.00 bits per heavy atom. The molecule has 0 bridgehead atoms. The summed E-state index contributed by atoms with van der Waals surface area (Å²) >= 11 is 5.19. The van der Waals surface area contributed by atoms with Crippen LogP contribution in [0.25, 0.3) is 0 Å². The average molecular weight is 325 g/mol. The molecule has 4 heteroatoms. The number of thiocarbonyl (C=S) groups is 1. The molecule has 0 radical (unpaired) electrons. The van der Waals surface area contributed by atoms with Gasteiger partial charge in [0, 0.05) is 12.2 Å². The molecule has 1 rings (SSSR count). The zero-order valence-electron chi connectivity index (χ0n) is 13.7. The number of hydrogen-bond acceptors (Lipinski definition) is 1. The van der Waals surface area contributed by atoms with Crippen molar-refractivity contribution in [3.63, 3.8) is 0 Å². The number of rotatable bonds is 11. The first-order valence-electron chi connectivity index (χ1n) is 8.53. The summed E-state index contributed by atoms with van der Waals surface area (Å²) in [5.74, 6) is -0.258. The molecule has 2 N–H and O–H groups in total. The smallest absolute Gasteiger partial charge is 0.170 e. The molecular formula is C18H29FN2S. The van der Waals surface area contributed by atoms with Crippen LogP contribution in [0.2, 0.25) is 0 Å². The fourth-order valence-corrected chi connectivity index (χ4v) is 2.60. The zero-order valence-corrected chi connectivity index (χ0v) is 14.5. The van der Waals surface area contributed by atoms with Gasteiger partial charge in [-0.15, -0.1) is 0 Å². The second-order valence-corrected chi connectivity index (χ2v) is 6.13. The lowest BCUT2D eigenvalue weighted by molar-refractivity contribution is 0.563. The lowest BCUT2D eigenvalue weighted by Crippen LogP contribution is -2.29. The van der Waals surface area contributed by atoms with Crippen LogP contribution in [0, 0.1) is 5.82 Å². The maximum atomic E-state index is 13.0. The Labute approximate surface area is 139 Å². The van der Waals surface area contributed by atoms with E-state index in [1.807, 2.05) is 0 Å². The predicted octanol–water partition coefficient (Wildman–Crippen LogP) is 5.64. The Kier molecular flexibility index (Phi) is 10.6. The summed E-state index contributed by atoms with van der Waals surface area (Å²) in [5, 5.41) is 6.72. The van der Waals surface area contributed by atoms with Gasteiger partial charge in [-0.1, -0.05) is 64.4 Å². The number of halogens is 1. The first-order chi connectivity index (χ1) is 10.7. The Morgan fingerprint density at radius 3 is 2.27 bits per heavy atom. The highest BCUT2D eigenvalue weighted by Gasteiger charge is 1.98.